The van der Waals surface area contributed by atoms with E-state index in [4.69, 9.17) is 19.6 Å². The average molecular weight is 363 g/mol. The molecule has 0 bridgehead atoms. The van der Waals surface area contributed by atoms with Crippen LogP contribution in [0.15, 0.2) is 0 Å². The molecule has 1 atom stereocenters. The number of morpholine rings is 1. The van der Waals surface area contributed by atoms with Gasteiger partial charge in [0.2, 0.25) is 0 Å². The molecule has 0 aromatic heterocycles. The summed E-state index contributed by atoms with van der Waals surface area (Å²) < 4.78 is 47.9. The van der Waals surface area contributed by atoms with E-state index in [1.165, 1.54) is 0 Å². The van der Waals surface area contributed by atoms with E-state index in [0.717, 1.165) is 13.1 Å². The molecule has 10 nitrogen and oxygen atoms in total. The molecule has 0 aliphatic carbocycles. The van der Waals surface area contributed by atoms with Crippen LogP contribution in [0.3, 0.4) is 0 Å². The maximum absolute atomic E-state index is 11.7. The zero-order chi connectivity index (χ0) is 16.6. The van der Waals surface area contributed by atoms with Crippen molar-refractivity contribution < 1.29 is 41.3 Å². The molecule has 1 unspecified atom stereocenters. The zero-order valence-corrected chi connectivity index (χ0v) is 13.7. The van der Waals surface area contributed by atoms with Crippen LogP contribution < -0.4 is 0 Å². The molecule has 1 heterocycles. The van der Waals surface area contributed by atoms with Gasteiger partial charge >= 0.3 is 7.82 Å². The summed E-state index contributed by atoms with van der Waals surface area (Å²) in [6, 6.07) is 0. The highest BCUT2D eigenvalue weighted by molar-refractivity contribution is 7.86. The maximum Gasteiger partial charge on any atom is 0.470 e. The Hall–Kier alpha value is -0.100. The minimum absolute atomic E-state index is 0.224. The molecule has 0 amide bonds. The Morgan fingerprint density at radius 2 is 1.91 bits per heavy atom. The van der Waals surface area contributed by atoms with Gasteiger partial charge in [-0.15, -0.1) is 0 Å². The standard InChI is InChI=1S/C10H22NO9PS/c12-8-10(20-21(13,14)15)9-19-22(16,17)7-1-2-11-3-5-18-6-4-11/h10,12H,1-9H2,(H2,13,14,15). The Labute approximate surface area is 129 Å². The van der Waals surface area contributed by atoms with Gasteiger partial charge in [0.05, 0.1) is 32.2 Å². The van der Waals surface area contributed by atoms with Crippen LogP contribution in [-0.4, -0.2) is 86.1 Å². The smallest absolute Gasteiger partial charge is 0.394 e. The van der Waals surface area contributed by atoms with Crippen LogP contribution >= 0.6 is 7.82 Å². The summed E-state index contributed by atoms with van der Waals surface area (Å²) in [5.41, 5.74) is 0. The van der Waals surface area contributed by atoms with Crippen LogP contribution in [0.1, 0.15) is 6.42 Å². The first-order valence-electron chi connectivity index (χ1n) is 6.74. The lowest BCUT2D eigenvalue weighted by atomic mass is 10.4. The highest BCUT2D eigenvalue weighted by Gasteiger charge is 2.24. The predicted molar refractivity (Wildman–Crippen MR) is 75.6 cm³/mol. The van der Waals surface area contributed by atoms with Crippen molar-refractivity contribution in [3.05, 3.63) is 0 Å². The van der Waals surface area contributed by atoms with Crippen LogP contribution in [0.5, 0.6) is 0 Å². The largest absolute Gasteiger partial charge is 0.470 e. The molecule has 3 N–H and O–H groups in total. The SMILES string of the molecule is O=P(O)(O)OC(CO)COS(=O)(=O)CCCN1CCOCC1. The lowest BCUT2D eigenvalue weighted by Gasteiger charge is -2.26. The Morgan fingerprint density at radius 1 is 1.27 bits per heavy atom. The summed E-state index contributed by atoms with van der Waals surface area (Å²) in [5, 5.41) is 8.87. The predicted octanol–water partition coefficient (Wildman–Crippen LogP) is -1.47. The second-order valence-electron chi connectivity index (χ2n) is 4.75. The van der Waals surface area contributed by atoms with Gasteiger partial charge in [0.15, 0.2) is 0 Å². The second-order valence-corrected chi connectivity index (χ2v) is 7.71. The number of ether oxygens (including phenoxy) is 1. The van der Waals surface area contributed by atoms with Crippen LogP contribution in [0.2, 0.25) is 0 Å². The number of phosphoric ester groups is 1. The Balaban J connectivity index is 2.28. The third kappa shape index (κ3) is 9.13. The first-order valence-corrected chi connectivity index (χ1v) is 9.84. The first-order chi connectivity index (χ1) is 10.2. The fourth-order valence-electron chi connectivity index (χ4n) is 1.84. The summed E-state index contributed by atoms with van der Waals surface area (Å²) in [5.74, 6) is -0.224. The lowest BCUT2D eigenvalue weighted by molar-refractivity contribution is 0.0377. The fourth-order valence-corrected chi connectivity index (χ4v) is 3.31. The van der Waals surface area contributed by atoms with E-state index in [-0.39, 0.29) is 5.75 Å². The van der Waals surface area contributed by atoms with Gasteiger partial charge in [0.1, 0.15) is 6.10 Å². The van der Waals surface area contributed by atoms with Gasteiger partial charge in [-0.3, -0.25) is 13.6 Å². The minimum Gasteiger partial charge on any atom is -0.394 e. The Kier molecular flexibility index (Phi) is 8.39. The first kappa shape index (κ1) is 19.9. The summed E-state index contributed by atoms with van der Waals surface area (Å²) in [6.07, 6.45) is -1.04. The molecule has 1 rings (SSSR count). The van der Waals surface area contributed by atoms with Crippen LogP contribution in [0, 0.1) is 0 Å². The number of aliphatic hydroxyl groups excluding tert-OH is 1. The van der Waals surface area contributed by atoms with Crippen LogP contribution in [0.25, 0.3) is 0 Å². The molecule has 0 spiro atoms. The molecular weight excluding hydrogens is 341 g/mol. The molecule has 132 valence electrons. The van der Waals surface area contributed by atoms with Crippen molar-refractivity contribution >= 4 is 17.9 Å². The van der Waals surface area contributed by atoms with E-state index in [1.54, 1.807) is 0 Å². The number of phosphoric acid groups is 1. The lowest BCUT2D eigenvalue weighted by Crippen LogP contribution is -2.37. The summed E-state index contributed by atoms with van der Waals surface area (Å²) in [4.78, 5) is 19.3. The molecule has 0 saturated carbocycles. The minimum atomic E-state index is -4.81. The second kappa shape index (κ2) is 9.26. The van der Waals surface area contributed by atoms with E-state index in [9.17, 15) is 13.0 Å². The van der Waals surface area contributed by atoms with Crippen molar-refractivity contribution in [3.63, 3.8) is 0 Å². The highest BCUT2D eigenvalue weighted by atomic mass is 32.2. The summed E-state index contributed by atoms with van der Waals surface area (Å²) in [7, 11) is -8.66. The van der Waals surface area contributed by atoms with E-state index < -0.39 is 37.3 Å². The fraction of sp³-hybridized carbons (Fsp3) is 1.00. The van der Waals surface area contributed by atoms with Gasteiger partial charge < -0.3 is 19.6 Å². The van der Waals surface area contributed by atoms with E-state index in [2.05, 4.69) is 13.6 Å². The van der Waals surface area contributed by atoms with E-state index >= 15 is 0 Å². The molecule has 22 heavy (non-hydrogen) atoms. The highest BCUT2D eigenvalue weighted by Crippen LogP contribution is 2.37. The van der Waals surface area contributed by atoms with Gasteiger partial charge in [0.25, 0.3) is 10.1 Å². The van der Waals surface area contributed by atoms with Crippen LogP contribution in [0.4, 0.5) is 0 Å². The maximum atomic E-state index is 11.7. The number of hydrogen-bond donors (Lipinski definition) is 3. The van der Waals surface area contributed by atoms with Gasteiger partial charge in [-0.25, -0.2) is 4.57 Å². The Bertz CT molecular complexity index is 459. The molecule has 0 aromatic carbocycles. The van der Waals surface area contributed by atoms with Gasteiger partial charge in [-0.05, 0) is 13.0 Å². The normalized spacial score (nSPS) is 19.2. The van der Waals surface area contributed by atoms with Crippen molar-refractivity contribution in [2.75, 3.05) is 51.8 Å². The third-order valence-electron chi connectivity index (χ3n) is 2.90. The Morgan fingerprint density at radius 3 is 2.45 bits per heavy atom. The third-order valence-corrected chi connectivity index (χ3v) is 4.75. The summed E-state index contributed by atoms with van der Waals surface area (Å²) in [6.45, 7) is 1.93. The number of hydrogen-bond acceptors (Lipinski definition) is 8. The van der Waals surface area contributed by atoms with Gasteiger partial charge in [-0.1, -0.05) is 0 Å². The van der Waals surface area contributed by atoms with E-state index in [1.807, 2.05) is 0 Å². The van der Waals surface area contributed by atoms with Gasteiger partial charge in [0, 0.05) is 13.1 Å². The van der Waals surface area contributed by atoms with Crippen molar-refractivity contribution in [2.24, 2.45) is 0 Å². The van der Waals surface area contributed by atoms with Crippen molar-refractivity contribution in [3.8, 4) is 0 Å². The quantitative estimate of drug-likeness (QED) is 0.311. The van der Waals surface area contributed by atoms with Crippen molar-refractivity contribution in [2.45, 2.75) is 12.5 Å². The topological polar surface area (TPSA) is 143 Å². The molecule has 1 saturated heterocycles. The molecule has 0 aromatic rings. The molecule has 1 aliphatic rings. The monoisotopic (exact) mass is 363 g/mol. The van der Waals surface area contributed by atoms with Crippen LogP contribution in [-0.2, 0) is 28.1 Å². The molecule has 1 fully saturated rings. The molecular formula is C10H22NO9PS. The number of rotatable bonds is 10. The number of aliphatic hydroxyl groups is 1. The molecule has 12 heteroatoms. The van der Waals surface area contributed by atoms with Crippen molar-refractivity contribution in [1.29, 1.82) is 0 Å². The van der Waals surface area contributed by atoms with Gasteiger partial charge in [-0.2, -0.15) is 8.42 Å². The number of nitrogens with zero attached hydrogens (tertiary/aromatic N) is 1. The summed E-state index contributed by atoms with van der Waals surface area (Å²) >= 11 is 0. The molecule has 1 aliphatic heterocycles. The van der Waals surface area contributed by atoms with E-state index in [0.29, 0.717) is 26.2 Å². The van der Waals surface area contributed by atoms with Crippen molar-refractivity contribution in [1.82, 2.24) is 4.90 Å². The molecule has 0 radical (unpaired) electrons. The average Bonchev–Trinajstić information content (AvgIpc) is 2.43. The zero-order valence-electron chi connectivity index (χ0n) is 12.0.